The summed E-state index contributed by atoms with van der Waals surface area (Å²) in [5, 5.41) is 10.3. The van der Waals surface area contributed by atoms with Gasteiger partial charge < -0.3 is 9.84 Å². The molecule has 2 N–H and O–H groups in total. The molecular formula is C24H32FN3O6S. The number of anilines is 1. The number of benzene rings is 1. The van der Waals surface area contributed by atoms with Gasteiger partial charge in [-0.1, -0.05) is 33.8 Å². The second-order valence-electron chi connectivity index (χ2n) is 10.7. The second kappa shape index (κ2) is 9.00. The first kappa shape index (κ1) is 25.3. The lowest BCUT2D eigenvalue weighted by molar-refractivity contribution is -0.117. The number of ether oxygens (including phenoxy) is 1. The van der Waals surface area contributed by atoms with Crippen LogP contribution in [0, 0.1) is 23.1 Å². The van der Waals surface area contributed by atoms with Crippen molar-refractivity contribution in [1.82, 2.24) is 9.62 Å². The Hall–Kier alpha value is -2.82. The molecular weight excluding hydrogens is 477 g/mol. The summed E-state index contributed by atoms with van der Waals surface area (Å²) in [6.07, 6.45) is 4.06. The fourth-order valence-corrected chi connectivity index (χ4v) is 5.90. The Morgan fingerprint density at radius 2 is 1.97 bits per heavy atom. The Labute approximate surface area is 205 Å². The summed E-state index contributed by atoms with van der Waals surface area (Å²) in [5.41, 5.74) is 0.238. The number of nitrogens with one attached hydrogen (secondary N) is 1. The Morgan fingerprint density at radius 1 is 1.29 bits per heavy atom. The number of phenols is 1. The molecule has 9 nitrogen and oxygen atoms in total. The fraction of sp³-hybridized carbons (Fsp3) is 0.583. The Bertz CT molecular complexity index is 1180. The number of hydrogen-bond donors (Lipinski definition) is 2. The predicted octanol–water partition coefficient (Wildman–Crippen LogP) is 3.40. The summed E-state index contributed by atoms with van der Waals surface area (Å²) in [5.74, 6) is -1.68. The number of amides is 2. The van der Waals surface area contributed by atoms with Gasteiger partial charge in [0.25, 0.3) is 5.91 Å². The molecule has 2 heterocycles. The van der Waals surface area contributed by atoms with Gasteiger partial charge in [-0.15, -0.1) is 0 Å². The molecule has 2 amide bonds. The van der Waals surface area contributed by atoms with Crippen LogP contribution in [-0.4, -0.2) is 56.2 Å². The third kappa shape index (κ3) is 5.10. The van der Waals surface area contributed by atoms with Crippen LogP contribution in [0.1, 0.15) is 52.5 Å². The molecule has 2 aliphatic heterocycles. The van der Waals surface area contributed by atoms with Crippen LogP contribution in [0.5, 0.6) is 5.75 Å². The van der Waals surface area contributed by atoms with Gasteiger partial charge in [0, 0.05) is 5.56 Å². The first-order chi connectivity index (χ1) is 16.3. The summed E-state index contributed by atoms with van der Waals surface area (Å²) >= 11 is 0. The highest BCUT2D eigenvalue weighted by molar-refractivity contribution is 7.92. The molecule has 0 bridgehead atoms. The lowest BCUT2D eigenvalue weighted by atomic mass is 10.0. The van der Waals surface area contributed by atoms with Crippen LogP contribution in [0.15, 0.2) is 18.2 Å². The molecule has 11 heteroatoms. The zero-order chi connectivity index (χ0) is 25.7. The van der Waals surface area contributed by atoms with Crippen molar-refractivity contribution in [3.05, 3.63) is 29.6 Å². The summed E-state index contributed by atoms with van der Waals surface area (Å²) in [4.78, 5) is 26.1. The standard InChI is InChI=1S/C24H32FN3O6S/c1-14(2)13-34-23(31)27-11-15(9-17(27)6-5-16-10-24(16,3)4)18-7-8-19(29)22(21(18)25)28-12-20(30)26-35(28,32)33/h7-9,14,16-17,29H,5-6,10-13H2,1-4H3,(H,26,30). The van der Waals surface area contributed by atoms with Crippen molar-refractivity contribution in [3.63, 3.8) is 0 Å². The summed E-state index contributed by atoms with van der Waals surface area (Å²) in [6.45, 7) is 8.01. The lowest BCUT2D eigenvalue weighted by Crippen LogP contribution is -2.37. The van der Waals surface area contributed by atoms with Crippen LogP contribution in [0.3, 0.4) is 0 Å². The molecule has 1 saturated carbocycles. The zero-order valence-corrected chi connectivity index (χ0v) is 21.2. The second-order valence-corrected chi connectivity index (χ2v) is 12.3. The highest BCUT2D eigenvalue weighted by Crippen LogP contribution is 2.54. The maximum absolute atomic E-state index is 15.7. The number of hydrogen-bond acceptors (Lipinski definition) is 6. The number of aromatic hydroxyl groups is 1. The predicted molar refractivity (Wildman–Crippen MR) is 128 cm³/mol. The molecule has 1 aliphatic carbocycles. The first-order valence-electron chi connectivity index (χ1n) is 11.8. The average Bonchev–Trinajstić information content (AvgIpc) is 3.04. The molecule has 2 unspecified atom stereocenters. The molecule has 3 aliphatic rings. The molecule has 35 heavy (non-hydrogen) atoms. The van der Waals surface area contributed by atoms with Gasteiger partial charge in [0.2, 0.25) is 0 Å². The lowest BCUT2D eigenvalue weighted by Gasteiger charge is -2.25. The Morgan fingerprint density at radius 3 is 2.54 bits per heavy atom. The molecule has 0 aromatic heterocycles. The molecule has 1 aromatic carbocycles. The van der Waals surface area contributed by atoms with Crippen molar-refractivity contribution in [2.45, 2.75) is 53.0 Å². The monoisotopic (exact) mass is 509 g/mol. The van der Waals surface area contributed by atoms with E-state index in [4.69, 9.17) is 4.74 Å². The minimum Gasteiger partial charge on any atom is -0.506 e. The molecule has 2 fully saturated rings. The average molecular weight is 510 g/mol. The van der Waals surface area contributed by atoms with E-state index in [1.807, 2.05) is 19.9 Å². The molecule has 1 aromatic rings. The maximum atomic E-state index is 15.7. The van der Waals surface area contributed by atoms with Gasteiger partial charge in [-0.05, 0) is 54.2 Å². The van der Waals surface area contributed by atoms with Gasteiger partial charge in [0.1, 0.15) is 18.0 Å². The SMILES string of the molecule is CC(C)COC(=O)N1CC(c2ccc(O)c(N3CC(=O)NS3(=O)=O)c2F)=CC1CCC1CC1(C)C. The van der Waals surface area contributed by atoms with E-state index in [2.05, 4.69) is 13.8 Å². The van der Waals surface area contributed by atoms with E-state index in [0.29, 0.717) is 27.6 Å². The summed E-state index contributed by atoms with van der Waals surface area (Å²) < 4.78 is 47.9. The van der Waals surface area contributed by atoms with E-state index < -0.39 is 46.0 Å². The number of carbonyl (C=O) groups excluding carboxylic acids is 2. The van der Waals surface area contributed by atoms with Crippen molar-refractivity contribution in [2.75, 3.05) is 24.0 Å². The zero-order valence-electron chi connectivity index (χ0n) is 20.4. The smallest absolute Gasteiger partial charge is 0.410 e. The van der Waals surface area contributed by atoms with E-state index >= 15 is 4.39 Å². The number of halogens is 1. The van der Waals surface area contributed by atoms with Crippen molar-refractivity contribution >= 4 is 33.5 Å². The molecule has 4 rings (SSSR count). The molecule has 1 saturated heterocycles. The van der Waals surface area contributed by atoms with Crippen molar-refractivity contribution in [1.29, 1.82) is 0 Å². The fourth-order valence-electron chi connectivity index (χ4n) is 4.74. The van der Waals surface area contributed by atoms with Gasteiger partial charge in [-0.3, -0.25) is 9.69 Å². The molecule has 192 valence electrons. The van der Waals surface area contributed by atoms with Crippen LogP contribution < -0.4 is 9.03 Å². The number of rotatable bonds is 7. The van der Waals surface area contributed by atoms with Gasteiger partial charge in [-0.25, -0.2) is 18.2 Å². The Kier molecular flexibility index (Phi) is 6.50. The molecule has 2 atom stereocenters. The van der Waals surface area contributed by atoms with Gasteiger partial charge in [0.05, 0.1) is 19.2 Å². The quantitative estimate of drug-likeness (QED) is 0.582. The molecule has 0 radical (unpaired) electrons. The minimum absolute atomic E-state index is 0.0586. The van der Waals surface area contributed by atoms with E-state index in [1.165, 1.54) is 12.1 Å². The minimum atomic E-state index is -4.32. The normalized spacial score (nSPS) is 24.5. The summed E-state index contributed by atoms with van der Waals surface area (Å²) in [7, 11) is -4.32. The van der Waals surface area contributed by atoms with Gasteiger partial charge in [0.15, 0.2) is 5.82 Å². The van der Waals surface area contributed by atoms with Crippen molar-refractivity contribution in [2.24, 2.45) is 17.3 Å². The van der Waals surface area contributed by atoms with Crippen LogP contribution in [0.4, 0.5) is 14.9 Å². The highest BCUT2D eigenvalue weighted by Gasteiger charge is 2.45. The molecule has 0 spiro atoms. The summed E-state index contributed by atoms with van der Waals surface area (Å²) in [6, 6.07) is 2.24. The van der Waals surface area contributed by atoms with Crippen LogP contribution in [0.25, 0.3) is 5.57 Å². The van der Waals surface area contributed by atoms with Crippen molar-refractivity contribution < 1.29 is 32.2 Å². The number of phenolic OH excluding ortho intramolecular Hbond substituents is 1. The van der Waals surface area contributed by atoms with Crippen LogP contribution in [-0.2, 0) is 19.7 Å². The van der Waals surface area contributed by atoms with Gasteiger partial charge >= 0.3 is 16.3 Å². The van der Waals surface area contributed by atoms with Crippen LogP contribution >= 0.6 is 0 Å². The Balaban J connectivity index is 1.63. The van der Waals surface area contributed by atoms with E-state index in [-0.39, 0.29) is 30.7 Å². The topological polar surface area (TPSA) is 116 Å². The third-order valence-electron chi connectivity index (χ3n) is 6.95. The first-order valence-corrected chi connectivity index (χ1v) is 13.2. The van der Waals surface area contributed by atoms with Crippen molar-refractivity contribution in [3.8, 4) is 5.75 Å². The largest absolute Gasteiger partial charge is 0.506 e. The third-order valence-corrected chi connectivity index (χ3v) is 8.33. The number of nitrogens with zero attached hydrogens (tertiary/aromatic N) is 2. The van der Waals surface area contributed by atoms with Gasteiger partial charge in [-0.2, -0.15) is 8.42 Å². The number of carbonyl (C=O) groups is 2. The van der Waals surface area contributed by atoms with E-state index in [9.17, 15) is 23.1 Å². The van der Waals surface area contributed by atoms with E-state index in [0.717, 1.165) is 12.8 Å². The highest BCUT2D eigenvalue weighted by atomic mass is 32.2. The maximum Gasteiger partial charge on any atom is 0.410 e. The van der Waals surface area contributed by atoms with Crippen LogP contribution in [0.2, 0.25) is 0 Å². The van der Waals surface area contributed by atoms with E-state index in [1.54, 1.807) is 9.62 Å².